The number of hydrogen-bond donors (Lipinski definition) is 1. The zero-order chi connectivity index (χ0) is 11.4. The van der Waals surface area contributed by atoms with Gasteiger partial charge in [-0.15, -0.1) is 11.3 Å². The first-order chi connectivity index (χ1) is 7.78. The highest BCUT2D eigenvalue weighted by molar-refractivity contribution is 7.09. The van der Waals surface area contributed by atoms with E-state index in [9.17, 15) is 0 Å². The van der Waals surface area contributed by atoms with E-state index in [1.807, 2.05) is 0 Å². The van der Waals surface area contributed by atoms with Crippen LogP contribution in [0.15, 0.2) is 5.38 Å². The number of nitrogens with zero attached hydrogens (tertiary/aromatic N) is 1. The molecule has 1 aromatic heterocycles. The minimum atomic E-state index is 0.725. The maximum Gasteiger partial charge on any atom is 0.0926 e. The molecule has 1 saturated carbocycles. The summed E-state index contributed by atoms with van der Waals surface area (Å²) < 4.78 is 0. The maximum absolute atomic E-state index is 4.58. The van der Waals surface area contributed by atoms with Crippen LogP contribution in [0.3, 0.4) is 0 Å². The highest BCUT2D eigenvalue weighted by Crippen LogP contribution is 2.23. The lowest BCUT2D eigenvalue weighted by Gasteiger charge is -2.26. The maximum atomic E-state index is 4.58. The molecule has 0 radical (unpaired) electrons. The Morgan fingerprint density at radius 1 is 1.38 bits per heavy atom. The molecule has 1 fully saturated rings. The van der Waals surface area contributed by atoms with Crippen molar-refractivity contribution in [2.45, 2.75) is 58.5 Å². The summed E-state index contributed by atoms with van der Waals surface area (Å²) in [6.45, 7) is 5.48. The van der Waals surface area contributed by atoms with E-state index < -0.39 is 0 Å². The minimum Gasteiger partial charge on any atom is -0.308 e. The van der Waals surface area contributed by atoms with Crippen LogP contribution in [0.5, 0.6) is 0 Å². The van der Waals surface area contributed by atoms with E-state index in [1.54, 1.807) is 11.3 Å². The first-order valence-electron chi connectivity index (χ1n) is 6.44. The Labute approximate surface area is 102 Å². The van der Waals surface area contributed by atoms with Crippen molar-refractivity contribution < 1.29 is 0 Å². The highest BCUT2D eigenvalue weighted by Gasteiger charge is 2.17. The lowest BCUT2D eigenvalue weighted by Crippen LogP contribution is -2.32. The van der Waals surface area contributed by atoms with Crippen molar-refractivity contribution in [3.05, 3.63) is 16.1 Å². The van der Waals surface area contributed by atoms with Crippen LogP contribution in [0.2, 0.25) is 0 Å². The van der Waals surface area contributed by atoms with Crippen molar-refractivity contribution in [1.29, 1.82) is 0 Å². The summed E-state index contributed by atoms with van der Waals surface area (Å²) in [5.74, 6) is 0.934. The van der Waals surface area contributed by atoms with E-state index >= 15 is 0 Å². The molecular formula is C13H22N2S. The summed E-state index contributed by atoms with van der Waals surface area (Å²) in [4.78, 5) is 4.58. The fourth-order valence-corrected chi connectivity index (χ4v) is 3.05. The molecule has 2 rings (SSSR count). The monoisotopic (exact) mass is 238 g/mol. The van der Waals surface area contributed by atoms with Crippen LogP contribution in [-0.4, -0.2) is 11.0 Å². The van der Waals surface area contributed by atoms with Crippen molar-refractivity contribution in [1.82, 2.24) is 10.3 Å². The standard InChI is InChI=1S/C13H22N2S/c1-3-13-15-12(9-16-13)8-14-11-6-4-10(2)5-7-11/h9-11,14H,3-8H2,1-2H3. The summed E-state index contributed by atoms with van der Waals surface area (Å²) in [6, 6.07) is 0.725. The van der Waals surface area contributed by atoms with Crippen LogP contribution in [0.25, 0.3) is 0 Å². The molecule has 16 heavy (non-hydrogen) atoms. The van der Waals surface area contributed by atoms with Crippen molar-refractivity contribution in [3.63, 3.8) is 0 Å². The van der Waals surface area contributed by atoms with Gasteiger partial charge in [-0.05, 0) is 38.0 Å². The molecule has 1 aromatic rings. The van der Waals surface area contributed by atoms with Gasteiger partial charge in [0.1, 0.15) is 0 Å². The Kier molecular flexibility index (Phi) is 4.36. The van der Waals surface area contributed by atoms with Gasteiger partial charge in [-0.1, -0.05) is 13.8 Å². The molecule has 1 aliphatic carbocycles. The smallest absolute Gasteiger partial charge is 0.0926 e. The third-order valence-electron chi connectivity index (χ3n) is 3.49. The molecule has 0 unspecified atom stereocenters. The van der Waals surface area contributed by atoms with E-state index in [1.165, 1.54) is 36.4 Å². The first kappa shape index (κ1) is 12.1. The molecular weight excluding hydrogens is 216 g/mol. The quantitative estimate of drug-likeness (QED) is 0.870. The normalized spacial score (nSPS) is 25.9. The van der Waals surface area contributed by atoms with Crippen LogP contribution in [0, 0.1) is 5.92 Å². The SMILES string of the molecule is CCc1nc(CNC2CCC(C)CC2)cs1. The van der Waals surface area contributed by atoms with Crippen LogP contribution in [-0.2, 0) is 13.0 Å². The van der Waals surface area contributed by atoms with Gasteiger partial charge in [-0.25, -0.2) is 4.98 Å². The molecule has 0 atom stereocenters. The molecule has 0 saturated heterocycles. The van der Waals surface area contributed by atoms with E-state index in [4.69, 9.17) is 0 Å². The number of hydrogen-bond acceptors (Lipinski definition) is 3. The van der Waals surface area contributed by atoms with Crippen molar-refractivity contribution in [2.24, 2.45) is 5.92 Å². The van der Waals surface area contributed by atoms with E-state index in [2.05, 4.69) is 29.5 Å². The van der Waals surface area contributed by atoms with Gasteiger partial charge in [0, 0.05) is 18.0 Å². The summed E-state index contributed by atoms with van der Waals surface area (Å²) in [7, 11) is 0. The lowest BCUT2D eigenvalue weighted by atomic mass is 9.87. The number of aryl methyl sites for hydroxylation is 1. The Balaban J connectivity index is 1.74. The summed E-state index contributed by atoms with van der Waals surface area (Å²) in [6.07, 6.45) is 6.51. The Morgan fingerprint density at radius 2 is 2.12 bits per heavy atom. The van der Waals surface area contributed by atoms with E-state index in [0.717, 1.165) is 24.9 Å². The molecule has 0 aromatic carbocycles. The molecule has 2 nitrogen and oxygen atoms in total. The van der Waals surface area contributed by atoms with Crippen molar-refractivity contribution >= 4 is 11.3 Å². The average molecular weight is 238 g/mol. The zero-order valence-electron chi connectivity index (χ0n) is 10.3. The fraction of sp³-hybridized carbons (Fsp3) is 0.769. The second kappa shape index (κ2) is 5.78. The summed E-state index contributed by atoms with van der Waals surface area (Å²) in [5, 5.41) is 7.09. The van der Waals surface area contributed by atoms with Gasteiger partial charge in [0.25, 0.3) is 0 Å². The predicted molar refractivity (Wildman–Crippen MR) is 69.8 cm³/mol. The third-order valence-corrected chi connectivity index (χ3v) is 4.53. The van der Waals surface area contributed by atoms with Gasteiger partial charge < -0.3 is 5.32 Å². The molecule has 0 spiro atoms. The first-order valence-corrected chi connectivity index (χ1v) is 7.32. The number of thiazole rings is 1. The molecule has 3 heteroatoms. The van der Waals surface area contributed by atoms with Crippen LogP contribution < -0.4 is 5.32 Å². The summed E-state index contributed by atoms with van der Waals surface area (Å²) in [5.41, 5.74) is 1.22. The molecule has 90 valence electrons. The molecule has 1 N–H and O–H groups in total. The topological polar surface area (TPSA) is 24.9 Å². The van der Waals surface area contributed by atoms with E-state index in [0.29, 0.717) is 0 Å². The van der Waals surface area contributed by atoms with Crippen molar-refractivity contribution in [3.8, 4) is 0 Å². The highest BCUT2D eigenvalue weighted by atomic mass is 32.1. The second-order valence-corrected chi connectivity index (χ2v) is 5.87. The van der Waals surface area contributed by atoms with Gasteiger partial charge >= 0.3 is 0 Å². The van der Waals surface area contributed by atoms with Gasteiger partial charge in [0.2, 0.25) is 0 Å². The van der Waals surface area contributed by atoms with Crippen LogP contribution in [0.4, 0.5) is 0 Å². The number of aromatic nitrogens is 1. The molecule has 0 bridgehead atoms. The van der Waals surface area contributed by atoms with Gasteiger partial charge in [-0.2, -0.15) is 0 Å². The third kappa shape index (κ3) is 3.29. The van der Waals surface area contributed by atoms with Gasteiger partial charge in [0.05, 0.1) is 10.7 Å². The number of nitrogens with one attached hydrogen (secondary N) is 1. The Morgan fingerprint density at radius 3 is 2.75 bits per heavy atom. The molecule has 1 aliphatic rings. The minimum absolute atomic E-state index is 0.725. The van der Waals surface area contributed by atoms with Gasteiger partial charge in [-0.3, -0.25) is 0 Å². The van der Waals surface area contributed by atoms with Crippen LogP contribution in [0.1, 0.15) is 50.2 Å². The second-order valence-electron chi connectivity index (χ2n) is 4.92. The lowest BCUT2D eigenvalue weighted by molar-refractivity contribution is 0.306. The Bertz CT molecular complexity index is 313. The average Bonchev–Trinajstić information content (AvgIpc) is 2.76. The van der Waals surface area contributed by atoms with Crippen LogP contribution >= 0.6 is 11.3 Å². The number of rotatable bonds is 4. The molecule has 0 aliphatic heterocycles. The Hall–Kier alpha value is -0.410. The molecule has 1 heterocycles. The van der Waals surface area contributed by atoms with Crippen molar-refractivity contribution in [2.75, 3.05) is 0 Å². The predicted octanol–water partition coefficient (Wildman–Crippen LogP) is 3.37. The van der Waals surface area contributed by atoms with Gasteiger partial charge in [0.15, 0.2) is 0 Å². The largest absolute Gasteiger partial charge is 0.308 e. The summed E-state index contributed by atoms with van der Waals surface area (Å²) >= 11 is 1.79. The zero-order valence-corrected chi connectivity index (χ0v) is 11.1. The molecule has 0 amide bonds. The fourth-order valence-electron chi connectivity index (χ4n) is 2.31. The van der Waals surface area contributed by atoms with E-state index in [-0.39, 0.29) is 0 Å².